The average Bonchev–Trinajstić information content (AvgIpc) is 2.53. The highest BCUT2D eigenvalue weighted by Gasteiger charge is 2.28. The Morgan fingerprint density at radius 2 is 1.52 bits per heavy atom. The molecule has 0 spiro atoms. The molecule has 0 saturated carbocycles. The second kappa shape index (κ2) is 11.0. The third kappa shape index (κ3) is 9.06. The number of esters is 3. The van der Waals surface area contributed by atoms with Crippen LogP contribution in [0.1, 0.15) is 25.7 Å². The number of methoxy groups -OCH3 is 2. The summed E-state index contributed by atoms with van der Waals surface area (Å²) in [5, 5.41) is 2.07. The number of rotatable bonds is 10. The normalized spacial score (nSPS) is 11.0. The van der Waals surface area contributed by atoms with Crippen molar-refractivity contribution in [1.29, 1.82) is 0 Å². The predicted octanol–water partition coefficient (Wildman–Crippen LogP) is -1.59. The number of ether oxygens (including phenoxy) is 3. The van der Waals surface area contributed by atoms with Crippen LogP contribution in [0.25, 0.3) is 0 Å². The average molecular weight is 332 g/mol. The highest BCUT2D eigenvalue weighted by molar-refractivity contribution is 6.04. The smallest absolute Gasteiger partial charge is 0.338 e. The monoisotopic (exact) mass is 332 g/mol. The first-order valence-corrected chi connectivity index (χ1v) is 6.70. The van der Waals surface area contributed by atoms with Crippen LogP contribution in [-0.4, -0.2) is 56.6 Å². The van der Waals surface area contributed by atoms with Crippen molar-refractivity contribution < 1.29 is 38.2 Å². The molecule has 2 amide bonds. The maximum absolute atomic E-state index is 11.7. The summed E-state index contributed by atoms with van der Waals surface area (Å²) in [5.74, 6) is -3.96. The van der Waals surface area contributed by atoms with Crippen LogP contribution < -0.4 is 11.1 Å². The second-order valence-electron chi connectivity index (χ2n) is 4.33. The zero-order valence-electron chi connectivity index (χ0n) is 13.0. The van der Waals surface area contributed by atoms with E-state index in [2.05, 4.69) is 14.8 Å². The van der Waals surface area contributed by atoms with E-state index in [1.54, 1.807) is 0 Å². The third-order valence-corrected chi connectivity index (χ3v) is 2.61. The Kier molecular flexibility index (Phi) is 9.72. The highest BCUT2D eigenvalue weighted by Crippen LogP contribution is 1.98. The molecule has 1 unspecified atom stereocenters. The summed E-state index contributed by atoms with van der Waals surface area (Å²) in [6.07, 6.45) is -0.245. The van der Waals surface area contributed by atoms with E-state index in [0.29, 0.717) is 0 Å². The number of hydrogen-bond acceptors (Lipinski definition) is 8. The number of amides is 2. The number of hydrogen-bond donors (Lipinski definition) is 2. The van der Waals surface area contributed by atoms with Crippen LogP contribution >= 0.6 is 0 Å². The van der Waals surface area contributed by atoms with Gasteiger partial charge in [0.2, 0.25) is 11.9 Å². The fraction of sp³-hybridized carbons (Fsp3) is 0.615. The molecule has 0 aromatic heterocycles. The molecule has 0 heterocycles. The van der Waals surface area contributed by atoms with Crippen molar-refractivity contribution in [3.05, 3.63) is 0 Å². The van der Waals surface area contributed by atoms with Crippen molar-refractivity contribution in [2.24, 2.45) is 5.73 Å². The van der Waals surface area contributed by atoms with E-state index in [1.807, 2.05) is 0 Å². The van der Waals surface area contributed by atoms with Crippen LogP contribution in [0.3, 0.4) is 0 Å². The lowest BCUT2D eigenvalue weighted by Crippen LogP contribution is -2.50. The number of nitrogens with one attached hydrogen (secondary N) is 1. The first-order valence-electron chi connectivity index (χ1n) is 6.70. The highest BCUT2D eigenvalue weighted by atomic mass is 16.5. The second-order valence-corrected chi connectivity index (χ2v) is 4.33. The standard InChI is InChI=1S/C13H20N2O8/c1-21-9(17)4-3-7-23-13(20)11(12(14)19)15-8(16)5-6-10(18)22-2/h11H,3-7H2,1-2H3,(H2,14,19)(H,15,16). The van der Waals surface area contributed by atoms with E-state index in [-0.39, 0.29) is 32.3 Å². The zero-order valence-corrected chi connectivity index (χ0v) is 13.0. The molecule has 0 bridgehead atoms. The van der Waals surface area contributed by atoms with E-state index in [9.17, 15) is 24.0 Å². The summed E-state index contributed by atoms with van der Waals surface area (Å²) in [6, 6.07) is -1.67. The van der Waals surface area contributed by atoms with Gasteiger partial charge in [0.15, 0.2) is 0 Å². The van der Waals surface area contributed by atoms with Crippen molar-refractivity contribution in [3.63, 3.8) is 0 Å². The predicted molar refractivity (Wildman–Crippen MR) is 74.6 cm³/mol. The van der Waals surface area contributed by atoms with Gasteiger partial charge in [-0.1, -0.05) is 0 Å². The molecule has 10 heteroatoms. The molecule has 1 atom stereocenters. The summed E-state index contributed by atoms with van der Waals surface area (Å²) in [4.78, 5) is 56.2. The van der Waals surface area contributed by atoms with Gasteiger partial charge in [0.25, 0.3) is 5.91 Å². The Hall–Kier alpha value is -2.65. The topological polar surface area (TPSA) is 151 Å². The van der Waals surface area contributed by atoms with Crippen molar-refractivity contribution in [2.45, 2.75) is 31.7 Å². The molecule has 130 valence electrons. The lowest BCUT2D eigenvalue weighted by molar-refractivity contribution is -0.152. The summed E-state index contributed by atoms with van der Waals surface area (Å²) < 4.78 is 13.5. The van der Waals surface area contributed by atoms with Gasteiger partial charge in [-0.2, -0.15) is 0 Å². The van der Waals surface area contributed by atoms with Crippen molar-refractivity contribution in [1.82, 2.24) is 5.32 Å². The van der Waals surface area contributed by atoms with Gasteiger partial charge in [-0.05, 0) is 6.42 Å². The third-order valence-electron chi connectivity index (χ3n) is 2.61. The van der Waals surface area contributed by atoms with Gasteiger partial charge in [-0.25, -0.2) is 4.79 Å². The molecule has 0 radical (unpaired) electrons. The molecule has 0 saturated heterocycles. The number of carbonyl (C=O) groups is 5. The van der Waals surface area contributed by atoms with Crippen LogP contribution in [0, 0.1) is 0 Å². The summed E-state index contributed by atoms with van der Waals surface area (Å²) >= 11 is 0. The summed E-state index contributed by atoms with van der Waals surface area (Å²) in [5.41, 5.74) is 5.02. The maximum atomic E-state index is 11.7. The SMILES string of the molecule is COC(=O)CCCOC(=O)C(NC(=O)CCC(=O)OC)C(N)=O. The molecule has 0 aliphatic rings. The molecule has 0 rings (SSSR count). The molecule has 0 aliphatic heterocycles. The maximum Gasteiger partial charge on any atom is 0.338 e. The van der Waals surface area contributed by atoms with Gasteiger partial charge in [-0.15, -0.1) is 0 Å². The number of primary amides is 1. The molecular formula is C13H20N2O8. The van der Waals surface area contributed by atoms with E-state index < -0.39 is 35.8 Å². The molecule has 23 heavy (non-hydrogen) atoms. The van der Waals surface area contributed by atoms with Crippen molar-refractivity contribution >= 4 is 29.7 Å². The summed E-state index contributed by atoms with van der Waals surface area (Å²) in [7, 11) is 2.39. The lowest BCUT2D eigenvalue weighted by atomic mass is 10.2. The molecule has 0 aliphatic carbocycles. The Balaban J connectivity index is 4.30. The molecule has 0 aromatic rings. The zero-order chi connectivity index (χ0) is 17.8. The Labute approximate surface area is 132 Å². The van der Waals surface area contributed by atoms with Gasteiger partial charge in [0, 0.05) is 12.8 Å². The van der Waals surface area contributed by atoms with Crippen LogP contribution in [0.2, 0.25) is 0 Å². The fourth-order valence-corrected chi connectivity index (χ4v) is 1.37. The van der Waals surface area contributed by atoms with Gasteiger partial charge in [-0.3, -0.25) is 19.2 Å². The minimum absolute atomic E-state index is 0.0382. The van der Waals surface area contributed by atoms with Gasteiger partial charge in [0.05, 0.1) is 27.2 Å². The Bertz CT molecular complexity index is 463. The van der Waals surface area contributed by atoms with Gasteiger partial charge >= 0.3 is 17.9 Å². The van der Waals surface area contributed by atoms with E-state index >= 15 is 0 Å². The lowest BCUT2D eigenvalue weighted by Gasteiger charge is -2.14. The minimum atomic E-state index is -1.67. The molecule has 0 fully saturated rings. The first-order chi connectivity index (χ1) is 10.8. The first kappa shape index (κ1) is 20.3. The van der Waals surface area contributed by atoms with Crippen LogP contribution in [0.15, 0.2) is 0 Å². The molecular weight excluding hydrogens is 312 g/mol. The molecule has 10 nitrogen and oxygen atoms in total. The van der Waals surface area contributed by atoms with Crippen molar-refractivity contribution in [3.8, 4) is 0 Å². The quantitative estimate of drug-likeness (QED) is 0.210. The van der Waals surface area contributed by atoms with E-state index in [4.69, 9.17) is 10.5 Å². The van der Waals surface area contributed by atoms with E-state index in [1.165, 1.54) is 7.11 Å². The van der Waals surface area contributed by atoms with Crippen molar-refractivity contribution in [2.75, 3.05) is 20.8 Å². The molecule has 0 aromatic carbocycles. The number of nitrogens with two attached hydrogens (primary N) is 1. The van der Waals surface area contributed by atoms with Crippen LogP contribution in [0.4, 0.5) is 0 Å². The van der Waals surface area contributed by atoms with Crippen LogP contribution in [0.5, 0.6) is 0 Å². The molecule has 3 N–H and O–H groups in total. The fourth-order valence-electron chi connectivity index (χ4n) is 1.37. The van der Waals surface area contributed by atoms with Gasteiger partial charge < -0.3 is 25.3 Å². The Morgan fingerprint density at radius 3 is 2.04 bits per heavy atom. The Morgan fingerprint density at radius 1 is 0.957 bits per heavy atom. The van der Waals surface area contributed by atoms with E-state index in [0.717, 1.165) is 7.11 Å². The largest absolute Gasteiger partial charge is 0.469 e. The van der Waals surface area contributed by atoms with Crippen LogP contribution in [-0.2, 0) is 38.2 Å². The van der Waals surface area contributed by atoms with Gasteiger partial charge in [0.1, 0.15) is 0 Å². The number of carbonyl (C=O) groups excluding carboxylic acids is 5. The minimum Gasteiger partial charge on any atom is -0.469 e. The summed E-state index contributed by atoms with van der Waals surface area (Å²) in [6.45, 7) is -0.143.